The van der Waals surface area contributed by atoms with Crippen LogP contribution in [0.5, 0.6) is 11.5 Å². The fourth-order valence-corrected chi connectivity index (χ4v) is 4.51. The highest BCUT2D eigenvalue weighted by atomic mass is 35.5. The number of hydrogen-bond acceptors (Lipinski definition) is 6. The number of hydrogen-bond donors (Lipinski definition) is 1. The third kappa shape index (κ3) is 4.03. The van der Waals surface area contributed by atoms with Crippen molar-refractivity contribution in [1.82, 2.24) is 0 Å². The zero-order chi connectivity index (χ0) is 23.9. The smallest absolute Gasteiger partial charge is 0.346 e. The standard InChI is InChI=1S/C22H14ClF2NO6S/c1-31-16-5-3-13(23)19(25)12(16)8-32-11-2-4-14(24)15(7-11)26-17(27)6-10-9-33-20(22(29)30)18(10)21(26)28/h2-5,7,9H,6,8H2,1H3,(H,29,30). The minimum absolute atomic E-state index is 0.0232. The fraction of sp³-hybridized carbons (Fsp3) is 0.136. The maximum absolute atomic E-state index is 14.6. The van der Waals surface area contributed by atoms with E-state index < -0.39 is 35.1 Å². The molecule has 0 spiro atoms. The molecule has 0 fully saturated rings. The molecule has 33 heavy (non-hydrogen) atoms. The predicted molar refractivity (Wildman–Crippen MR) is 115 cm³/mol. The molecule has 3 aromatic rings. The lowest BCUT2D eigenvalue weighted by atomic mass is 10.0. The van der Waals surface area contributed by atoms with Crippen molar-refractivity contribution in [3.8, 4) is 11.5 Å². The van der Waals surface area contributed by atoms with E-state index >= 15 is 0 Å². The summed E-state index contributed by atoms with van der Waals surface area (Å²) in [4.78, 5) is 37.4. The Hall–Kier alpha value is -3.50. The van der Waals surface area contributed by atoms with Crippen LogP contribution in [-0.2, 0) is 17.8 Å². The predicted octanol–water partition coefficient (Wildman–Crippen LogP) is 4.70. The van der Waals surface area contributed by atoms with Gasteiger partial charge in [0.1, 0.15) is 28.8 Å². The van der Waals surface area contributed by atoms with Gasteiger partial charge in [0.2, 0.25) is 5.91 Å². The number of nitrogens with zero attached hydrogens (tertiary/aromatic N) is 1. The molecule has 1 aromatic heterocycles. The van der Waals surface area contributed by atoms with Crippen molar-refractivity contribution in [3.63, 3.8) is 0 Å². The Bertz CT molecular complexity index is 1310. The zero-order valence-corrected chi connectivity index (χ0v) is 18.4. The topological polar surface area (TPSA) is 93.1 Å². The van der Waals surface area contributed by atoms with Gasteiger partial charge in [0.25, 0.3) is 5.91 Å². The molecular formula is C22H14ClF2NO6S. The second-order valence-electron chi connectivity index (χ2n) is 6.93. The largest absolute Gasteiger partial charge is 0.496 e. The van der Waals surface area contributed by atoms with Crippen LogP contribution in [0.25, 0.3) is 0 Å². The number of carbonyl (C=O) groups excluding carboxylic acids is 2. The molecule has 2 aromatic carbocycles. The Morgan fingerprint density at radius 1 is 1.24 bits per heavy atom. The van der Waals surface area contributed by atoms with Crippen LogP contribution < -0.4 is 14.4 Å². The van der Waals surface area contributed by atoms with Crippen molar-refractivity contribution < 1.29 is 37.7 Å². The minimum atomic E-state index is -1.32. The molecule has 0 saturated heterocycles. The Morgan fingerprint density at radius 2 is 2.00 bits per heavy atom. The first-order valence-electron chi connectivity index (χ1n) is 9.37. The van der Waals surface area contributed by atoms with Gasteiger partial charge in [-0.1, -0.05) is 11.6 Å². The third-order valence-corrected chi connectivity index (χ3v) is 6.29. The second kappa shape index (κ2) is 8.80. The fourth-order valence-electron chi connectivity index (χ4n) is 3.44. The lowest BCUT2D eigenvalue weighted by Crippen LogP contribution is -2.43. The maximum atomic E-state index is 14.6. The van der Waals surface area contributed by atoms with Crippen molar-refractivity contribution in [2.75, 3.05) is 12.0 Å². The van der Waals surface area contributed by atoms with Crippen LogP contribution >= 0.6 is 22.9 Å². The molecule has 1 N–H and O–H groups in total. The molecule has 2 heterocycles. The summed E-state index contributed by atoms with van der Waals surface area (Å²) in [5.74, 6) is -4.41. The number of thiophene rings is 1. The van der Waals surface area contributed by atoms with E-state index in [4.69, 9.17) is 21.1 Å². The van der Waals surface area contributed by atoms with Crippen LogP contribution in [0.1, 0.15) is 31.2 Å². The molecule has 0 aliphatic carbocycles. The number of carboxylic acid groups (broad SMARTS) is 1. The first-order valence-corrected chi connectivity index (χ1v) is 10.6. The van der Waals surface area contributed by atoms with Crippen molar-refractivity contribution in [2.24, 2.45) is 0 Å². The summed E-state index contributed by atoms with van der Waals surface area (Å²) < 4.78 is 39.7. The van der Waals surface area contributed by atoms with E-state index in [1.807, 2.05) is 0 Å². The number of carboxylic acids is 1. The van der Waals surface area contributed by atoms with Crippen LogP contribution in [-0.4, -0.2) is 30.0 Å². The molecular weight excluding hydrogens is 480 g/mol. The number of carbonyl (C=O) groups is 3. The zero-order valence-electron chi connectivity index (χ0n) is 16.9. The monoisotopic (exact) mass is 493 g/mol. The highest BCUT2D eigenvalue weighted by Crippen LogP contribution is 2.35. The minimum Gasteiger partial charge on any atom is -0.496 e. The lowest BCUT2D eigenvalue weighted by molar-refractivity contribution is -0.117. The van der Waals surface area contributed by atoms with Crippen molar-refractivity contribution in [1.29, 1.82) is 0 Å². The van der Waals surface area contributed by atoms with Gasteiger partial charge in [-0.2, -0.15) is 0 Å². The Labute approximate surface area is 194 Å². The number of ether oxygens (including phenoxy) is 2. The van der Waals surface area contributed by atoms with Gasteiger partial charge in [-0.05, 0) is 35.2 Å². The maximum Gasteiger partial charge on any atom is 0.346 e. The molecule has 2 amide bonds. The van der Waals surface area contributed by atoms with Crippen LogP contribution in [0.15, 0.2) is 35.7 Å². The molecule has 11 heteroatoms. The number of imide groups is 1. The molecule has 1 aliphatic heterocycles. The van der Waals surface area contributed by atoms with Crippen LogP contribution in [0.3, 0.4) is 0 Å². The van der Waals surface area contributed by atoms with E-state index in [-0.39, 0.29) is 51.1 Å². The molecule has 170 valence electrons. The SMILES string of the molecule is COc1ccc(Cl)c(F)c1COc1ccc(F)c(N2C(=O)Cc3csc(C(=O)O)c3C2=O)c1. The van der Waals surface area contributed by atoms with E-state index in [1.165, 1.54) is 30.7 Å². The first kappa shape index (κ1) is 22.7. The van der Waals surface area contributed by atoms with Crippen molar-refractivity contribution in [2.45, 2.75) is 13.0 Å². The van der Waals surface area contributed by atoms with E-state index in [0.29, 0.717) is 4.90 Å². The summed E-state index contributed by atoms with van der Waals surface area (Å²) in [6.07, 6.45) is -0.264. The van der Waals surface area contributed by atoms with Gasteiger partial charge in [-0.15, -0.1) is 11.3 Å². The van der Waals surface area contributed by atoms with E-state index in [1.54, 1.807) is 0 Å². The first-order chi connectivity index (χ1) is 15.7. The number of methoxy groups -OCH3 is 1. The Morgan fingerprint density at radius 3 is 2.70 bits per heavy atom. The van der Waals surface area contributed by atoms with Crippen molar-refractivity contribution >= 4 is 46.4 Å². The van der Waals surface area contributed by atoms with Gasteiger partial charge in [-0.3, -0.25) is 9.59 Å². The van der Waals surface area contributed by atoms with Gasteiger partial charge in [-0.25, -0.2) is 18.5 Å². The number of anilines is 1. The number of aromatic carboxylic acids is 1. The molecule has 0 atom stereocenters. The molecule has 7 nitrogen and oxygen atoms in total. The molecule has 0 saturated carbocycles. The van der Waals surface area contributed by atoms with E-state index in [2.05, 4.69) is 0 Å². The summed E-state index contributed by atoms with van der Waals surface area (Å²) in [5, 5.41) is 10.6. The van der Waals surface area contributed by atoms with Crippen LogP contribution in [0.4, 0.5) is 14.5 Å². The molecule has 0 unspecified atom stereocenters. The normalized spacial score (nSPS) is 13.2. The number of benzene rings is 2. The summed E-state index contributed by atoms with van der Waals surface area (Å²) >= 11 is 6.63. The summed E-state index contributed by atoms with van der Waals surface area (Å²) in [7, 11) is 1.35. The average Bonchev–Trinajstić information content (AvgIpc) is 3.21. The number of rotatable bonds is 6. The van der Waals surface area contributed by atoms with Crippen LogP contribution in [0, 0.1) is 11.6 Å². The number of amides is 2. The van der Waals surface area contributed by atoms with Gasteiger partial charge < -0.3 is 14.6 Å². The summed E-state index contributed by atoms with van der Waals surface area (Å²) in [5.41, 5.74) is -0.257. The Balaban J connectivity index is 1.67. The summed E-state index contributed by atoms with van der Waals surface area (Å²) in [6, 6.07) is 6.12. The molecule has 1 aliphatic rings. The average molecular weight is 494 g/mol. The van der Waals surface area contributed by atoms with Gasteiger partial charge in [0, 0.05) is 6.07 Å². The highest BCUT2D eigenvalue weighted by molar-refractivity contribution is 7.12. The van der Waals surface area contributed by atoms with Gasteiger partial charge in [0.05, 0.1) is 35.4 Å². The lowest BCUT2D eigenvalue weighted by Gasteiger charge is -2.26. The Kier molecular flexibility index (Phi) is 6.05. The van der Waals surface area contributed by atoms with E-state index in [9.17, 15) is 28.3 Å². The van der Waals surface area contributed by atoms with Crippen LogP contribution in [0.2, 0.25) is 5.02 Å². The van der Waals surface area contributed by atoms with Gasteiger partial charge in [0.15, 0.2) is 5.82 Å². The third-order valence-electron chi connectivity index (χ3n) is 4.98. The number of halogens is 3. The quantitative estimate of drug-likeness (QED) is 0.501. The molecule has 4 rings (SSSR count). The number of fused-ring (bicyclic) bond motifs is 1. The highest BCUT2D eigenvalue weighted by Gasteiger charge is 2.38. The molecule has 0 radical (unpaired) electrons. The van der Waals surface area contributed by atoms with E-state index in [0.717, 1.165) is 23.5 Å². The van der Waals surface area contributed by atoms with Gasteiger partial charge >= 0.3 is 5.97 Å². The molecule has 0 bridgehead atoms. The summed E-state index contributed by atoms with van der Waals surface area (Å²) in [6.45, 7) is -0.333. The second-order valence-corrected chi connectivity index (χ2v) is 8.21. The van der Waals surface area contributed by atoms with Crippen molar-refractivity contribution in [3.05, 3.63) is 73.9 Å².